The number of rotatable bonds is 4. The molecule has 2 rings (SSSR count). The second-order valence-electron chi connectivity index (χ2n) is 4.29. The standard InChI is InChI=1S/C10H14N4O3/c15-7-10(3-1-2-4-10)13-9-11-5-8(6-12-9)14(16)17/h5-6,15H,1-4,7H2,(H,11,12,13). The zero-order valence-electron chi connectivity index (χ0n) is 9.30. The molecule has 0 radical (unpaired) electrons. The van der Waals surface area contributed by atoms with Crippen molar-refractivity contribution in [2.45, 2.75) is 31.2 Å². The van der Waals surface area contributed by atoms with E-state index < -0.39 is 4.92 Å². The Kier molecular flexibility index (Phi) is 3.19. The van der Waals surface area contributed by atoms with Gasteiger partial charge in [-0.05, 0) is 12.8 Å². The first-order valence-corrected chi connectivity index (χ1v) is 5.51. The van der Waals surface area contributed by atoms with Gasteiger partial charge in [0, 0.05) is 0 Å². The van der Waals surface area contributed by atoms with Crippen molar-refractivity contribution >= 4 is 11.6 Å². The van der Waals surface area contributed by atoms with Gasteiger partial charge in [0.2, 0.25) is 5.95 Å². The summed E-state index contributed by atoms with van der Waals surface area (Å²) >= 11 is 0. The van der Waals surface area contributed by atoms with E-state index in [1.807, 2.05) is 0 Å². The monoisotopic (exact) mass is 238 g/mol. The van der Waals surface area contributed by atoms with Gasteiger partial charge in [0.15, 0.2) is 0 Å². The van der Waals surface area contributed by atoms with Crippen LogP contribution in [-0.2, 0) is 0 Å². The van der Waals surface area contributed by atoms with E-state index in [0.717, 1.165) is 38.1 Å². The molecule has 1 aliphatic rings. The van der Waals surface area contributed by atoms with Crippen LogP contribution in [0.15, 0.2) is 12.4 Å². The maximum absolute atomic E-state index is 10.4. The topological polar surface area (TPSA) is 101 Å². The van der Waals surface area contributed by atoms with Crippen LogP contribution in [0, 0.1) is 10.1 Å². The maximum atomic E-state index is 10.4. The molecule has 0 aromatic carbocycles. The van der Waals surface area contributed by atoms with Gasteiger partial charge in [0.1, 0.15) is 12.4 Å². The van der Waals surface area contributed by atoms with E-state index in [1.165, 1.54) is 0 Å². The van der Waals surface area contributed by atoms with Crippen LogP contribution >= 0.6 is 0 Å². The van der Waals surface area contributed by atoms with Crippen molar-refractivity contribution in [1.82, 2.24) is 9.97 Å². The summed E-state index contributed by atoms with van der Waals surface area (Å²) in [5.74, 6) is 0.326. The molecule has 7 heteroatoms. The number of nitrogens with zero attached hydrogens (tertiary/aromatic N) is 3. The van der Waals surface area contributed by atoms with Gasteiger partial charge in [-0.3, -0.25) is 10.1 Å². The third-order valence-corrected chi connectivity index (χ3v) is 3.09. The molecule has 17 heavy (non-hydrogen) atoms. The van der Waals surface area contributed by atoms with Crippen molar-refractivity contribution in [3.8, 4) is 0 Å². The quantitative estimate of drug-likeness (QED) is 0.601. The number of nitro groups is 1. The lowest BCUT2D eigenvalue weighted by Crippen LogP contribution is -2.39. The zero-order valence-corrected chi connectivity index (χ0v) is 9.30. The Hall–Kier alpha value is -1.76. The third-order valence-electron chi connectivity index (χ3n) is 3.09. The molecule has 0 atom stereocenters. The average Bonchev–Trinajstić information content (AvgIpc) is 2.79. The lowest BCUT2D eigenvalue weighted by molar-refractivity contribution is -0.385. The molecule has 0 aliphatic heterocycles. The first-order valence-electron chi connectivity index (χ1n) is 5.51. The summed E-state index contributed by atoms with van der Waals surface area (Å²) < 4.78 is 0. The van der Waals surface area contributed by atoms with Crippen molar-refractivity contribution in [3.63, 3.8) is 0 Å². The molecule has 1 fully saturated rings. The van der Waals surface area contributed by atoms with Gasteiger partial charge in [-0.2, -0.15) is 0 Å². The number of hydrogen-bond acceptors (Lipinski definition) is 6. The molecule has 92 valence electrons. The second-order valence-corrected chi connectivity index (χ2v) is 4.29. The lowest BCUT2D eigenvalue weighted by atomic mass is 9.99. The molecule has 1 aromatic rings. The van der Waals surface area contributed by atoms with Crippen LogP contribution in [0.4, 0.5) is 11.6 Å². The van der Waals surface area contributed by atoms with Crippen LogP contribution < -0.4 is 5.32 Å². The Morgan fingerprint density at radius 1 is 1.41 bits per heavy atom. The first-order chi connectivity index (χ1) is 8.15. The SMILES string of the molecule is O=[N+]([O-])c1cnc(NC2(CO)CCCC2)nc1. The Balaban J connectivity index is 2.10. The highest BCUT2D eigenvalue weighted by Crippen LogP contribution is 2.31. The number of anilines is 1. The molecule has 7 nitrogen and oxygen atoms in total. The molecule has 2 N–H and O–H groups in total. The van der Waals surface area contributed by atoms with Gasteiger partial charge in [-0.25, -0.2) is 9.97 Å². The highest BCUT2D eigenvalue weighted by atomic mass is 16.6. The van der Waals surface area contributed by atoms with Crippen LogP contribution in [0.5, 0.6) is 0 Å². The summed E-state index contributed by atoms with van der Waals surface area (Å²) in [7, 11) is 0. The summed E-state index contributed by atoms with van der Waals surface area (Å²) in [6.07, 6.45) is 6.17. The minimum atomic E-state index is -0.541. The van der Waals surface area contributed by atoms with Gasteiger partial charge < -0.3 is 10.4 Å². The Bertz CT molecular complexity index is 401. The normalized spacial score (nSPS) is 17.9. The molecular formula is C10H14N4O3. The number of aliphatic hydroxyl groups is 1. The Morgan fingerprint density at radius 3 is 2.47 bits per heavy atom. The van der Waals surface area contributed by atoms with Crippen molar-refractivity contribution < 1.29 is 10.0 Å². The minimum Gasteiger partial charge on any atom is -0.394 e. The number of hydrogen-bond donors (Lipinski definition) is 2. The van der Waals surface area contributed by atoms with E-state index >= 15 is 0 Å². The summed E-state index contributed by atoms with van der Waals surface area (Å²) in [5.41, 5.74) is -0.504. The highest BCUT2D eigenvalue weighted by Gasteiger charge is 2.33. The van der Waals surface area contributed by atoms with Gasteiger partial charge in [0.25, 0.3) is 0 Å². The summed E-state index contributed by atoms with van der Waals surface area (Å²) in [4.78, 5) is 17.7. The first kappa shape index (κ1) is 11.7. The molecule has 1 saturated carbocycles. The van der Waals surface area contributed by atoms with Crippen LogP contribution in [0.3, 0.4) is 0 Å². The summed E-state index contributed by atoms with van der Waals surface area (Å²) in [6, 6.07) is 0. The van der Waals surface area contributed by atoms with E-state index in [0.29, 0.717) is 5.95 Å². The average molecular weight is 238 g/mol. The molecule has 1 heterocycles. The van der Waals surface area contributed by atoms with Crippen molar-refractivity contribution in [1.29, 1.82) is 0 Å². The van der Waals surface area contributed by atoms with E-state index in [4.69, 9.17) is 0 Å². The number of aliphatic hydroxyl groups excluding tert-OH is 1. The van der Waals surface area contributed by atoms with E-state index in [-0.39, 0.29) is 17.8 Å². The maximum Gasteiger partial charge on any atom is 0.305 e. The molecule has 0 spiro atoms. The molecule has 0 bridgehead atoms. The minimum absolute atomic E-state index is 0.0212. The Morgan fingerprint density at radius 2 is 2.00 bits per heavy atom. The predicted molar refractivity (Wildman–Crippen MR) is 60.6 cm³/mol. The van der Waals surface area contributed by atoms with Crippen LogP contribution in [-0.4, -0.2) is 32.1 Å². The smallest absolute Gasteiger partial charge is 0.305 e. The van der Waals surface area contributed by atoms with E-state index in [9.17, 15) is 15.2 Å². The largest absolute Gasteiger partial charge is 0.394 e. The zero-order chi connectivity index (χ0) is 12.3. The second kappa shape index (κ2) is 4.62. The molecule has 1 aliphatic carbocycles. The van der Waals surface area contributed by atoms with Crippen LogP contribution in [0.1, 0.15) is 25.7 Å². The van der Waals surface area contributed by atoms with Crippen LogP contribution in [0.25, 0.3) is 0 Å². The molecular weight excluding hydrogens is 224 g/mol. The fourth-order valence-electron chi connectivity index (χ4n) is 2.09. The highest BCUT2D eigenvalue weighted by molar-refractivity contribution is 5.34. The van der Waals surface area contributed by atoms with E-state index in [1.54, 1.807) is 0 Å². The fourth-order valence-corrected chi connectivity index (χ4v) is 2.09. The number of nitrogens with one attached hydrogen (secondary N) is 1. The lowest BCUT2D eigenvalue weighted by Gasteiger charge is -2.27. The molecule has 0 saturated heterocycles. The van der Waals surface area contributed by atoms with Crippen molar-refractivity contribution in [2.75, 3.05) is 11.9 Å². The van der Waals surface area contributed by atoms with Crippen molar-refractivity contribution in [3.05, 3.63) is 22.5 Å². The van der Waals surface area contributed by atoms with Gasteiger partial charge in [-0.1, -0.05) is 12.8 Å². The van der Waals surface area contributed by atoms with E-state index in [2.05, 4.69) is 15.3 Å². The Labute approximate surface area is 98.1 Å². The molecule has 1 aromatic heterocycles. The number of aromatic nitrogens is 2. The fraction of sp³-hybridized carbons (Fsp3) is 0.600. The van der Waals surface area contributed by atoms with Crippen LogP contribution in [0.2, 0.25) is 0 Å². The van der Waals surface area contributed by atoms with Gasteiger partial charge in [0.05, 0.1) is 17.1 Å². The summed E-state index contributed by atoms with van der Waals surface area (Å²) in [5, 5.41) is 22.9. The molecule has 0 unspecified atom stereocenters. The predicted octanol–water partition coefficient (Wildman–Crippen LogP) is 1.10. The van der Waals surface area contributed by atoms with Gasteiger partial charge >= 0.3 is 5.69 Å². The summed E-state index contributed by atoms with van der Waals surface area (Å²) in [6.45, 7) is 0.0212. The van der Waals surface area contributed by atoms with Gasteiger partial charge in [-0.15, -0.1) is 0 Å². The third kappa shape index (κ3) is 2.50. The molecule has 0 amide bonds. The van der Waals surface area contributed by atoms with Crippen molar-refractivity contribution in [2.24, 2.45) is 0 Å².